The maximum absolute atomic E-state index is 9.00. The van der Waals surface area contributed by atoms with E-state index < -0.39 is 6.03 Å². The Kier molecular flexibility index (Phi) is 6.82. The van der Waals surface area contributed by atoms with Gasteiger partial charge in [-0.2, -0.15) is 0 Å². The van der Waals surface area contributed by atoms with Gasteiger partial charge in [-0.3, -0.25) is 0 Å². The van der Waals surface area contributed by atoms with Crippen molar-refractivity contribution < 1.29 is 23.4 Å². The van der Waals surface area contributed by atoms with Gasteiger partial charge in [0.15, 0.2) is 0 Å². The summed E-state index contributed by atoms with van der Waals surface area (Å²) in [5.74, 6) is 0. The van der Waals surface area contributed by atoms with Crippen LogP contribution in [0.1, 0.15) is 0 Å². The van der Waals surface area contributed by atoms with Crippen molar-refractivity contribution in [1.82, 2.24) is 0 Å². The maximum Gasteiger partial charge on any atom is 0.309 e. The zero-order valence-corrected chi connectivity index (χ0v) is 3.91. The van der Waals surface area contributed by atoms with Crippen LogP contribution in [0.25, 0.3) is 0 Å². The minimum atomic E-state index is -0.833. The second-order valence-electron chi connectivity index (χ2n) is 0.402. The van der Waals surface area contributed by atoms with E-state index in [2.05, 4.69) is 11.5 Å². The molecule has 0 rings (SSSR count). The van der Waals surface area contributed by atoms with Gasteiger partial charge in [-0.1, -0.05) is 0 Å². The molecule has 0 aromatic rings. The predicted octanol–water partition coefficient (Wildman–Crippen LogP) is -0.979. The molecule has 0 saturated carbocycles. The third-order valence-corrected chi connectivity index (χ3v) is 0. The molecule has 0 bridgehead atoms. The molecule has 0 aromatic carbocycles. The Morgan fingerprint density at radius 3 is 1.40 bits per heavy atom. The maximum atomic E-state index is 9.00. The van der Waals surface area contributed by atoms with Crippen LogP contribution in [0.2, 0.25) is 0 Å². The summed E-state index contributed by atoms with van der Waals surface area (Å²) in [6, 6.07) is -0.833. The molecule has 5 heavy (non-hydrogen) atoms. The van der Waals surface area contributed by atoms with Gasteiger partial charge in [0.05, 0.1) is 0 Å². The Bertz CT molecular complexity index is 32.6. The normalized spacial score (nSPS) is 4.80. The quantitative estimate of drug-likeness (QED) is 0.414. The van der Waals surface area contributed by atoms with E-state index in [1.807, 2.05) is 0 Å². The molecule has 29 valence electrons. The molecule has 0 atom stereocenters. The largest absolute Gasteiger partial charge is 0.352 e. The van der Waals surface area contributed by atoms with Crippen LogP contribution < -0.4 is 11.5 Å². The number of hydrogen-bond donors (Lipinski definition) is 2. The van der Waals surface area contributed by atoms with Gasteiger partial charge in [0.2, 0.25) is 0 Å². The van der Waals surface area contributed by atoms with E-state index in [1.165, 1.54) is 0 Å². The zero-order valence-electron chi connectivity index (χ0n) is 2.51. The Morgan fingerprint density at radius 1 is 1.40 bits per heavy atom. The molecule has 0 spiro atoms. The van der Waals surface area contributed by atoms with Gasteiger partial charge >= 0.3 is 6.03 Å². The summed E-state index contributed by atoms with van der Waals surface area (Å²) >= 11 is 0. The number of rotatable bonds is 0. The minimum absolute atomic E-state index is 0. The number of amides is 2. The molecule has 0 aliphatic carbocycles. The van der Waals surface area contributed by atoms with Crippen LogP contribution in [0.15, 0.2) is 0 Å². The van der Waals surface area contributed by atoms with Crippen molar-refractivity contribution in [1.29, 1.82) is 0 Å². The van der Waals surface area contributed by atoms with Crippen LogP contribution in [0.4, 0.5) is 4.79 Å². The fourth-order valence-electron chi connectivity index (χ4n) is 0. The molecule has 0 aliphatic heterocycles. The van der Waals surface area contributed by atoms with Crippen LogP contribution in [0.3, 0.4) is 0 Å². The molecular weight excluding hydrogens is 107 g/mol. The third-order valence-electron chi connectivity index (χ3n) is 0. The van der Waals surface area contributed by atoms with Crippen molar-refractivity contribution in [3.05, 3.63) is 0 Å². The molecule has 0 fully saturated rings. The van der Waals surface area contributed by atoms with E-state index in [0.29, 0.717) is 0 Å². The van der Waals surface area contributed by atoms with Crippen molar-refractivity contribution in [2.24, 2.45) is 11.5 Å². The molecule has 0 aromatic heterocycles. The Balaban J connectivity index is 0. The SMILES string of the molecule is NC(N)=O.[V]. The average molecular weight is 111 g/mol. The average Bonchev–Trinajstić information content (AvgIpc) is 0.811. The third kappa shape index (κ3) is 625. The first-order valence-corrected chi connectivity index (χ1v) is 0.781. The van der Waals surface area contributed by atoms with Gasteiger partial charge in [-0.15, -0.1) is 0 Å². The molecule has 2 amide bonds. The minimum Gasteiger partial charge on any atom is -0.352 e. The molecule has 4 heteroatoms. The number of carbonyl (C=O) groups excluding carboxylic acids is 1. The number of urea groups is 1. The van der Waals surface area contributed by atoms with Crippen LogP contribution in [-0.4, -0.2) is 6.03 Å². The van der Waals surface area contributed by atoms with Gasteiger partial charge in [-0.25, -0.2) is 4.79 Å². The monoisotopic (exact) mass is 111 g/mol. The fraction of sp³-hybridized carbons (Fsp3) is 0. The summed E-state index contributed by atoms with van der Waals surface area (Å²) in [5.41, 5.74) is 8.50. The number of carbonyl (C=O) groups is 1. The van der Waals surface area contributed by atoms with Gasteiger partial charge < -0.3 is 11.5 Å². The zero-order chi connectivity index (χ0) is 3.58. The van der Waals surface area contributed by atoms with Crippen LogP contribution in [0, 0.1) is 0 Å². The molecule has 1 radical (unpaired) electrons. The molecule has 0 unspecified atom stereocenters. The predicted molar refractivity (Wildman–Crippen MR) is 13.8 cm³/mol. The Hall–Kier alpha value is -0.146. The van der Waals surface area contributed by atoms with Crippen molar-refractivity contribution in [2.75, 3.05) is 0 Å². The Labute approximate surface area is 41.6 Å². The van der Waals surface area contributed by atoms with Gasteiger partial charge in [0.1, 0.15) is 0 Å². The summed E-state index contributed by atoms with van der Waals surface area (Å²) in [6.07, 6.45) is 0. The molecular formula is CH4N2OV. The first-order chi connectivity index (χ1) is 1.73. The molecule has 3 nitrogen and oxygen atoms in total. The fourth-order valence-corrected chi connectivity index (χ4v) is 0. The second-order valence-corrected chi connectivity index (χ2v) is 0.402. The van der Waals surface area contributed by atoms with Crippen molar-refractivity contribution in [3.63, 3.8) is 0 Å². The van der Waals surface area contributed by atoms with E-state index in [9.17, 15) is 0 Å². The van der Waals surface area contributed by atoms with Crippen molar-refractivity contribution in [2.45, 2.75) is 0 Å². The van der Waals surface area contributed by atoms with E-state index in [0.717, 1.165) is 0 Å². The molecule has 0 aliphatic rings. The van der Waals surface area contributed by atoms with Gasteiger partial charge in [-0.05, 0) is 0 Å². The van der Waals surface area contributed by atoms with E-state index in [1.54, 1.807) is 0 Å². The van der Waals surface area contributed by atoms with E-state index >= 15 is 0 Å². The van der Waals surface area contributed by atoms with Crippen LogP contribution in [0.5, 0.6) is 0 Å². The standard InChI is InChI=1S/CH4N2O.V/c2-1(3)4;/h(H4,2,3,4);. The summed E-state index contributed by atoms with van der Waals surface area (Å²) < 4.78 is 0. The first-order valence-electron chi connectivity index (χ1n) is 0.781. The first kappa shape index (κ1) is 8.85. The summed E-state index contributed by atoms with van der Waals surface area (Å²) in [4.78, 5) is 9.00. The summed E-state index contributed by atoms with van der Waals surface area (Å²) in [7, 11) is 0. The summed E-state index contributed by atoms with van der Waals surface area (Å²) in [5, 5.41) is 0. The van der Waals surface area contributed by atoms with E-state index in [4.69, 9.17) is 4.79 Å². The number of nitrogens with two attached hydrogens (primary N) is 2. The molecule has 4 N–H and O–H groups in total. The van der Waals surface area contributed by atoms with Crippen LogP contribution >= 0.6 is 0 Å². The van der Waals surface area contributed by atoms with Crippen molar-refractivity contribution >= 4 is 6.03 Å². The molecule has 0 saturated heterocycles. The van der Waals surface area contributed by atoms with Gasteiger partial charge in [0, 0.05) is 18.6 Å². The smallest absolute Gasteiger partial charge is 0.309 e. The van der Waals surface area contributed by atoms with Crippen molar-refractivity contribution in [3.8, 4) is 0 Å². The number of primary amides is 2. The van der Waals surface area contributed by atoms with E-state index in [-0.39, 0.29) is 18.6 Å². The second kappa shape index (κ2) is 3.85. The topological polar surface area (TPSA) is 69.1 Å². The Morgan fingerprint density at radius 2 is 1.40 bits per heavy atom. The van der Waals surface area contributed by atoms with Crippen LogP contribution in [-0.2, 0) is 18.6 Å². The number of hydrogen-bond acceptors (Lipinski definition) is 1. The summed E-state index contributed by atoms with van der Waals surface area (Å²) in [6.45, 7) is 0. The van der Waals surface area contributed by atoms with Gasteiger partial charge in [0.25, 0.3) is 0 Å². The molecule has 0 heterocycles.